The van der Waals surface area contributed by atoms with Crippen LogP contribution in [0.25, 0.3) is 0 Å². The second-order valence-electron chi connectivity index (χ2n) is 5.74. The van der Waals surface area contributed by atoms with Crippen LogP contribution in [0.5, 0.6) is 0 Å². The fraction of sp³-hybridized carbons (Fsp3) is 0.600. The SMILES string of the molecule is CCN(C1CC1)S(=O)(=O)c1ccc(CNC(C)C)cc1F. The van der Waals surface area contributed by atoms with Crippen LogP contribution in [0.1, 0.15) is 39.2 Å². The zero-order chi connectivity index (χ0) is 15.6. The normalized spacial score (nSPS) is 15.9. The number of hydrogen-bond acceptors (Lipinski definition) is 3. The largest absolute Gasteiger partial charge is 0.310 e. The summed E-state index contributed by atoms with van der Waals surface area (Å²) in [6.45, 7) is 6.70. The highest BCUT2D eigenvalue weighted by Crippen LogP contribution is 2.32. The van der Waals surface area contributed by atoms with E-state index in [2.05, 4.69) is 5.32 Å². The highest BCUT2D eigenvalue weighted by molar-refractivity contribution is 7.89. The summed E-state index contributed by atoms with van der Waals surface area (Å²) >= 11 is 0. The van der Waals surface area contributed by atoms with Gasteiger partial charge >= 0.3 is 0 Å². The minimum atomic E-state index is -3.73. The summed E-state index contributed by atoms with van der Waals surface area (Å²) in [4.78, 5) is -0.218. The van der Waals surface area contributed by atoms with Crippen molar-refractivity contribution in [3.05, 3.63) is 29.6 Å². The van der Waals surface area contributed by atoms with Crippen molar-refractivity contribution in [1.29, 1.82) is 0 Å². The van der Waals surface area contributed by atoms with Crippen molar-refractivity contribution in [1.82, 2.24) is 9.62 Å². The van der Waals surface area contributed by atoms with Gasteiger partial charge < -0.3 is 5.32 Å². The standard InChI is InChI=1S/C15H23FN2O2S/c1-4-18(13-6-7-13)21(19,20)15-8-5-12(9-14(15)16)10-17-11(2)3/h5,8-9,11,13,17H,4,6-7,10H2,1-3H3. The first-order chi connectivity index (χ1) is 9.86. The van der Waals surface area contributed by atoms with E-state index in [1.165, 1.54) is 16.4 Å². The molecule has 1 saturated carbocycles. The Hall–Kier alpha value is -0.980. The molecular weight excluding hydrogens is 291 g/mol. The molecule has 1 aromatic carbocycles. The van der Waals surface area contributed by atoms with Gasteiger partial charge in [0.2, 0.25) is 10.0 Å². The maximum absolute atomic E-state index is 14.2. The van der Waals surface area contributed by atoms with Gasteiger partial charge in [-0.2, -0.15) is 4.31 Å². The Morgan fingerprint density at radius 3 is 2.52 bits per heavy atom. The first kappa shape index (κ1) is 16.4. The summed E-state index contributed by atoms with van der Waals surface area (Å²) in [5, 5.41) is 3.18. The molecule has 1 aliphatic carbocycles. The number of sulfonamides is 1. The summed E-state index contributed by atoms with van der Waals surface area (Å²) in [7, 11) is -3.73. The molecule has 118 valence electrons. The molecule has 0 radical (unpaired) electrons. The third kappa shape index (κ3) is 3.81. The number of nitrogens with one attached hydrogen (secondary N) is 1. The predicted molar refractivity (Wildman–Crippen MR) is 81.0 cm³/mol. The van der Waals surface area contributed by atoms with Crippen LogP contribution in [-0.2, 0) is 16.6 Å². The van der Waals surface area contributed by atoms with Crippen LogP contribution in [0.3, 0.4) is 0 Å². The van der Waals surface area contributed by atoms with E-state index in [4.69, 9.17) is 0 Å². The maximum atomic E-state index is 14.2. The average Bonchev–Trinajstić information content (AvgIpc) is 3.21. The van der Waals surface area contributed by atoms with E-state index in [9.17, 15) is 12.8 Å². The molecule has 1 fully saturated rings. The van der Waals surface area contributed by atoms with Gasteiger partial charge in [-0.25, -0.2) is 12.8 Å². The van der Waals surface area contributed by atoms with Crippen molar-refractivity contribution in [2.75, 3.05) is 6.54 Å². The van der Waals surface area contributed by atoms with E-state index < -0.39 is 15.8 Å². The molecule has 6 heteroatoms. The van der Waals surface area contributed by atoms with Crippen molar-refractivity contribution in [3.8, 4) is 0 Å². The Balaban J connectivity index is 2.23. The molecule has 0 saturated heterocycles. The van der Waals surface area contributed by atoms with Crippen LogP contribution in [-0.4, -0.2) is 31.4 Å². The third-order valence-corrected chi connectivity index (χ3v) is 5.62. The second-order valence-corrected chi connectivity index (χ2v) is 7.60. The number of halogens is 1. The quantitative estimate of drug-likeness (QED) is 0.841. The summed E-state index contributed by atoms with van der Waals surface area (Å²) in [6, 6.07) is 4.70. The molecule has 1 aromatic rings. The molecule has 0 bridgehead atoms. The van der Waals surface area contributed by atoms with Crippen molar-refractivity contribution in [2.45, 2.75) is 57.1 Å². The molecule has 0 amide bonds. The minimum absolute atomic E-state index is 0.0432. The van der Waals surface area contributed by atoms with Crippen LogP contribution in [0.4, 0.5) is 4.39 Å². The van der Waals surface area contributed by atoms with Gasteiger partial charge in [0.1, 0.15) is 10.7 Å². The number of rotatable bonds is 7. The maximum Gasteiger partial charge on any atom is 0.246 e. The van der Waals surface area contributed by atoms with Gasteiger partial charge in [-0.3, -0.25) is 0 Å². The average molecular weight is 314 g/mol. The van der Waals surface area contributed by atoms with E-state index in [0.29, 0.717) is 19.1 Å². The van der Waals surface area contributed by atoms with E-state index >= 15 is 0 Å². The Morgan fingerprint density at radius 1 is 1.38 bits per heavy atom. The summed E-state index contributed by atoms with van der Waals surface area (Å²) in [5.41, 5.74) is 0.745. The molecule has 0 spiro atoms. The summed E-state index contributed by atoms with van der Waals surface area (Å²) in [6.07, 6.45) is 1.73. The van der Waals surface area contributed by atoms with Crippen LogP contribution in [0.2, 0.25) is 0 Å². The van der Waals surface area contributed by atoms with Crippen LogP contribution >= 0.6 is 0 Å². The topological polar surface area (TPSA) is 49.4 Å². The van der Waals surface area contributed by atoms with Crippen LogP contribution < -0.4 is 5.32 Å². The van der Waals surface area contributed by atoms with Crippen molar-refractivity contribution < 1.29 is 12.8 Å². The van der Waals surface area contributed by atoms with E-state index in [-0.39, 0.29) is 10.9 Å². The number of benzene rings is 1. The van der Waals surface area contributed by atoms with Gasteiger partial charge in [0, 0.05) is 25.2 Å². The van der Waals surface area contributed by atoms with Gasteiger partial charge in [0.25, 0.3) is 0 Å². The van der Waals surface area contributed by atoms with Crippen molar-refractivity contribution >= 4 is 10.0 Å². The fourth-order valence-electron chi connectivity index (χ4n) is 2.30. The molecule has 0 aromatic heterocycles. The lowest BCUT2D eigenvalue weighted by molar-refractivity contribution is 0.416. The third-order valence-electron chi connectivity index (χ3n) is 3.56. The second kappa shape index (κ2) is 6.42. The van der Waals surface area contributed by atoms with E-state index in [1.54, 1.807) is 13.0 Å². The molecule has 0 aliphatic heterocycles. The van der Waals surface area contributed by atoms with E-state index in [0.717, 1.165) is 18.4 Å². The van der Waals surface area contributed by atoms with Gasteiger partial charge in [0.05, 0.1) is 0 Å². The number of nitrogens with zero attached hydrogens (tertiary/aromatic N) is 1. The lowest BCUT2D eigenvalue weighted by Crippen LogP contribution is -2.33. The molecular formula is C15H23FN2O2S. The zero-order valence-electron chi connectivity index (χ0n) is 12.8. The molecule has 0 unspecified atom stereocenters. The Kier molecular flexibility index (Phi) is 5.01. The molecule has 0 heterocycles. The van der Waals surface area contributed by atoms with E-state index in [1.807, 2.05) is 13.8 Å². The molecule has 1 aliphatic rings. The van der Waals surface area contributed by atoms with Crippen molar-refractivity contribution in [3.63, 3.8) is 0 Å². The van der Waals surface area contributed by atoms with Crippen LogP contribution in [0, 0.1) is 5.82 Å². The highest BCUT2D eigenvalue weighted by atomic mass is 32.2. The Morgan fingerprint density at radius 2 is 2.05 bits per heavy atom. The molecule has 0 atom stereocenters. The first-order valence-corrected chi connectivity index (χ1v) is 8.84. The first-order valence-electron chi connectivity index (χ1n) is 7.40. The lowest BCUT2D eigenvalue weighted by Gasteiger charge is -2.20. The number of hydrogen-bond donors (Lipinski definition) is 1. The smallest absolute Gasteiger partial charge is 0.246 e. The summed E-state index contributed by atoms with van der Waals surface area (Å²) in [5.74, 6) is -0.669. The Labute approximate surface area is 126 Å². The van der Waals surface area contributed by atoms with Gasteiger partial charge in [-0.05, 0) is 30.5 Å². The molecule has 4 nitrogen and oxygen atoms in total. The lowest BCUT2D eigenvalue weighted by atomic mass is 10.2. The highest BCUT2D eigenvalue weighted by Gasteiger charge is 2.38. The van der Waals surface area contributed by atoms with Gasteiger partial charge in [-0.1, -0.05) is 26.8 Å². The Bertz CT molecular complexity index is 598. The monoisotopic (exact) mass is 314 g/mol. The summed E-state index contributed by atoms with van der Waals surface area (Å²) < 4.78 is 40.6. The van der Waals surface area contributed by atoms with Crippen molar-refractivity contribution in [2.24, 2.45) is 0 Å². The predicted octanol–water partition coefficient (Wildman–Crippen LogP) is 2.50. The molecule has 21 heavy (non-hydrogen) atoms. The molecule has 1 N–H and O–H groups in total. The van der Waals surface area contributed by atoms with Crippen LogP contribution in [0.15, 0.2) is 23.1 Å². The minimum Gasteiger partial charge on any atom is -0.310 e. The zero-order valence-corrected chi connectivity index (χ0v) is 13.6. The van der Waals surface area contributed by atoms with Gasteiger partial charge in [-0.15, -0.1) is 0 Å². The fourth-order valence-corrected chi connectivity index (χ4v) is 4.04. The van der Waals surface area contributed by atoms with Gasteiger partial charge in [0.15, 0.2) is 0 Å². The molecule has 2 rings (SSSR count).